The maximum atomic E-state index is 3.97. The number of aromatic amines is 1. The van der Waals surface area contributed by atoms with Crippen LogP contribution < -0.4 is 0 Å². The predicted octanol–water partition coefficient (Wildman–Crippen LogP) is 1.55. The van der Waals surface area contributed by atoms with E-state index in [9.17, 15) is 0 Å². The lowest BCUT2D eigenvalue weighted by molar-refractivity contribution is 0.772. The van der Waals surface area contributed by atoms with Crippen LogP contribution in [-0.2, 0) is 6.42 Å². The zero-order valence-corrected chi connectivity index (χ0v) is 5.65. The van der Waals surface area contributed by atoms with Crippen LogP contribution in [-0.4, -0.2) is 10.2 Å². The van der Waals surface area contributed by atoms with Gasteiger partial charge in [-0.15, -0.1) is 0 Å². The van der Waals surface area contributed by atoms with Gasteiger partial charge in [-0.2, -0.15) is 5.10 Å². The summed E-state index contributed by atoms with van der Waals surface area (Å²) in [5.74, 6) is 0. The maximum Gasteiger partial charge on any atom is 0.0831 e. The quantitative estimate of drug-likeness (QED) is 0.649. The smallest absolute Gasteiger partial charge is 0.0831 e. The van der Waals surface area contributed by atoms with Crippen molar-refractivity contribution in [3.63, 3.8) is 0 Å². The van der Waals surface area contributed by atoms with Crippen molar-refractivity contribution in [1.82, 2.24) is 10.2 Å². The monoisotopic (exact) mass is 123 g/mol. The second-order valence-electron chi connectivity index (χ2n) is 2.11. The molecule has 0 atom stereocenters. The molecular weight excluding hydrogens is 112 g/mol. The molecule has 2 nitrogen and oxygen atoms in total. The van der Waals surface area contributed by atoms with Crippen molar-refractivity contribution in [3.8, 4) is 0 Å². The van der Waals surface area contributed by atoms with Crippen molar-refractivity contribution in [1.29, 1.82) is 0 Å². The van der Waals surface area contributed by atoms with E-state index in [1.807, 2.05) is 6.07 Å². The summed E-state index contributed by atoms with van der Waals surface area (Å²) in [5, 5.41) is 6.64. The van der Waals surface area contributed by atoms with Gasteiger partial charge < -0.3 is 0 Å². The van der Waals surface area contributed by atoms with Gasteiger partial charge in [0.05, 0.1) is 11.9 Å². The molecule has 1 N–H and O–H groups in total. The van der Waals surface area contributed by atoms with E-state index in [2.05, 4.69) is 23.3 Å². The molecule has 0 aromatic carbocycles. The third-order valence-electron chi connectivity index (χ3n) is 1.29. The predicted molar refractivity (Wildman–Crippen MR) is 36.0 cm³/mol. The average molecular weight is 123 g/mol. The summed E-state index contributed by atoms with van der Waals surface area (Å²) in [5.41, 5.74) is 1.12. The van der Waals surface area contributed by atoms with E-state index in [0.29, 0.717) is 0 Å². The highest BCUT2D eigenvalue weighted by molar-refractivity contribution is 4.95. The van der Waals surface area contributed by atoms with E-state index in [1.54, 1.807) is 0 Å². The van der Waals surface area contributed by atoms with Gasteiger partial charge in [-0.3, -0.25) is 5.10 Å². The molecule has 0 saturated heterocycles. The number of H-pyrrole nitrogens is 1. The van der Waals surface area contributed by atoms with Crippen molar-refractivity contribution >= 4 is 0 Å². The maximum absolute atomic E-state index is 3.97. The first-order valence-electron chi connectivity index (χ1n) is 3.34. The largest absolute Gasteiger partial charge is 0.276 e. The normalized spacial score (nSPS) is 9.89. The molecule has 1 heterocycles. The van der Waals surface area contributed by atoms with Gasteiger partial charge in [-0.05, 0) is 18.9 Å². The molecule has 9 heavy (non-hydrogen) atoms. The third kappa shape index (κ3) is 1.88. The van der Waals surface area contributed by atoms with E-state index < -0.39 is 0 Å². The van der Waals surface area contributed by atoms with Crippen molar-refractivity contribution in [2.45, 2.75) is 26.2 Å². The molecule has 49 valence electrons. The zero-order valence-electron chi connectivity index (χ0n) is 5.65. The minimum absolute atomic E-state index is 1.08. The second-order valence-corrected chi connectivity index (χ2v) is 2.11. The molecular formula is C7H11N2. The molecule has 1 radical (unpaired) electrons. The molecule has 0 aliphatic rings. The van der Waals surface area contributed by atoms with Crippen LogP contribution in [0.5, 0.6) is 0 Å². The summed E-state index contributed by atoms with van der Waals surface area (Å²) < 4.78 is 0. The molecule has 1 aromatic rings. The highest BCUT2D eigenvalue weighted by Crippen LogP contribution is 1.98. The summed E-state index contributed by atoms with van der Waals surface area (Å²) in [7, 11) is 0. The Labute approximate surface area is 55.3 Å². The Morgan fingerprint density at radius 3 is 3.22 bits per heavy atom. The van der Waals surface area contributed by atoms with Crippen LogP contribution in [0, 0.1) is 6.20 Å². The number of rotatable bonds is 3. The SMILES string of the molecule is CCCCc1c[c][nH]n1. The number of hydrogen-bond acceptors (Lipinski definition) is 1. The lowest BCUT2D eigenvalue weighted by atomic mass is 10.2. The zero-order chi connectivity index (χ0) is 6.53. The topological polar surface area (TPSA) is 28.7 Å². The Balaban J connectivity index is 2.30. The van der Waals surface area contributed by atoms with E-state index >= 15 is 0 Å². The van der Waals surface area contributed by atoms with E-state index in [1.165, 1.54) is 12.8 Å². The van der Waals surface area contributed by atoms with Crippen LogP contribution in [0.4, 0.5) is 0 Å². The average Bonchev–Trinajstić information content (AvgIpc) is 2.34. The molecule has 0 aliphatic carbocycles. The fourth-order valence-corrected chi connectivity index (χ4v) is 0.738. The first-order valence-corrected chi connectivity index (χ1v) is 3.34. The van der Waals surface area contributed by atoms with Crippen LogP contribution in [0.3, 0.4) is 0 Å². The van der Waals surface area contributed by atoms with Crippen LogP contribution in [0.15, 0.2) is 6.07 Å². The van der Waals surface area contributed by atoms with E-state index in [0.717, 1.165) is 12.1 Å². The first-order chi connectivity index (χ1) is 4.43. The van der Waals surface area contributed by atoms with Gasteiger partial charge in [0, 0.05) is 0 Å². The lowest BCUT2D eigenvalue weighted by Crippen LogP contribution is -1.83. The Hall–Kier alpha value is -0.790. The van der Waals surface area contributed by atoms with E-state index in [4.69, 9.17) is 0 Å². The molecule has 1 aromatic heterocycles. The third-order valence-corrected chi connectivity index (χ3v) is 1.29. The number of aryl methyl sites for hydroxylation is 1. The summed E-state index contributed by atoms with van der Waals surface area (Å²) in [4.78, 5) is 0. The van der Waals surface area contributed by atoms with Crippen molar-refractivity contribution < 1.29 is 0 Å². The Morgan fingerprint density at radius 2 is 2.67 bits per heavy atom. The lowest BCUT2D eigenvalue weighted by Gasteiger charge is -1.89. The summed E-state index contributed by atoms with van der Waals surface area (Å²) >= 11 is 0. The number of aromatic nitrogens is 2. The summed E-state index contributed by atoms with van der Waals surface area (Å²) in [6.07, 6.45) is 6.33. The molecule has 0 bridgehead atoms. The van der Waals surface area contributed by atoms with Crippen molar-refractivity contribution in [2.75, 3.05) is 0 Å². The molecule has 1 rings (SSSR count). The van der Waals surface area contributed by atoms with Gasteiger partial charge in [0.2, 0.25) is 0 Å². The Bertz CT molecular complexity index is 144. The number of hydrogen-bond donors (Lipinski definition) is 1. The first kappa shape index (κ1) is 6.33. The van der Waals surface area contributed by atoms with Crippen LogP contribution in [0.1, 0.15) is 25.5 Å². The molecule has 0 unspecified atom stereocenters. The second kappa shape index (κ2) is 3.28. The van der Waals surface area contributed by atoms with Crippen LogP contribution in [0.2, 0.25) is 0 Å². The fourth-order valence-electron chi connectivity index (χ4n) is 0.738. The summed E-state index contributed by atoms with van der Waals surface area (Å²) in [6.45, 7) is 2.18. The van der Waals surface area contributed by atoms with Gasteiger partial charge in [0.15, 0.2) is 0 Å². The Morgan fingerprint density at radius 1 is 1.78 bits per heavy atom. The fraction of sp³-hybridized carbons (Fsp3) is 0.571. The number of nitrogens with zero attached hydrogens (tertiary/aromatic N) is 1. The van der Waals surface area contributed by atoms with Crippen LogP contribution in [0.25, 0.3) is 0 Å². The molecule has 0 aliphatic heterocycles. The van der Waals surface area contributed by atoms with Crippen LogP contribution >= 0.6 is 0 Å². The number of unbranched alkanes of at least 4 members (excludes halogenated alkanes) is 1. The summed E-state index contributed by atoms with van der Waals surface area (Å²) in [6, 6.07) is 1.90. The minimum atomic E-state index is 1.08. The van der Waals surface area contributed by atoms with Crippen molar-refractivity contribution in [2.24, 2.45) is 0 Å². The number of nitrogens with one attached hydrogen (secondary N) is 1. The highest BCUT2D eigenvalue weighted by Gasteiger charge is 1.91. The van der Waals surface area contributed by atoms with E-state index in [-0.39, 0.29) is 0 Å². The van der Waals surface area contributed by atoms with Gasteiger partial charge in [-0.25, -0.2) is 0 Å². The van der Waals surface area contributed by atoms with Gasteiger partial charge in [0.1, 0.15) is 0 Å². The Kier molecular flexibility index (Phi) is 2.31. The molecule has 0 spiro atoms. The molecule has 0 saturated carbocycles. The molecule has 0 fully saturated rings. The highest BCUT2D eigenvalue weighted by atomic mass is 15.1. The minimum Gasteiger partial charge on any atom is -0.276 e. The molecule has 2 heteroatoms. The van der Waals surface area contributed by atoms with Crippen molar-refractivity contribution in [3.05, 3.63) is 18.0 Å². The van der Waals surface area contributed by atoms with Gasteiger partial charge in [-0.1, -0.05) is 13.3 Å². The van der Waals surface area contributed by atoms with Gasteiger partial charge in [0.25, 0.3) is 0 Å². The van der Waals surface area contributed by atoms with Gasteiger partial charge >= 0.3 is 0 Å². The standard InChI is InChI=1S/C7H11N2/c1-2-3-4-7-5-6-8-9-7/h5H,2-4H2,1H3,(H,8,9). The molecule has 0 amide bonds.